The molecule has 5 heterocycles. The highest BCUT2D eigenvalue weighted by atomic mass is 32.2. The molecule has 7 aromatic rings. The molecule has 8 bridgehead atoms. The van der Waals surface area contributed by atoms with Gasteiger partial charge in [-0.2, -0.15) is 25.3 Å². The van der Waals surface area contributed by atoms with Crippen LogP contribution in [0.25, 0.3) is 89.7 Å². The van der Waals surface area contributed by atoms with Crippen LogP contribution in [0, 0.1) is 0 Å². The topological polar surface area (TPSA) is 309 Å². The molecule has 2 aliphatic rings. The van der Waals surface area contributed by atoms with Crippen LogP contribution in [0.4, 0.5) is 0 Å². The summed E-state index contributed by atoms with van der Waals surface area (Å²) in [5, 5.41) is 2.13. The van der Waals surface area contributed by atoms with Crippen LogP contribution < -0.4 is 18.9 Å². The number of fused-ring (bicyclic) bond motifs is 20. The highest BCUT2D eigenvalue weighted by molar-refractivity contribution is 7.86. The van der Waals surface area contributed by atoms with Crippen molar-refractivity contribution in [3.05, 3.63) is 72.8 Å². The summed E-state index contributed by atoms with van der Waals surface area (Å²) in [6.45, 7) is 2.14. The number of H-pyrrole nitrogens is 2. The van der Waals surface area contributed by atoms with Crippen LogP contribution in [0.1, 0.15) is 32.6 Å². The Morgan fingerprint density at radius 2 is 0.794 bits per heavy atom. The second-order valence-electron chi connectivity index (χ2n) is 15.6. The number of aromatic nitrogens is 8. The summed E-state index contributed by atoms with van der Waals surface area (Å²) in [5.41, 5.74) is 3.00. The van der Waals surface area contributed by atoms with Gasteiger partial charge in [-0.25, -0.2) is 29.9 Å². The van der Waals surface area contributed by atoms with Crippen molar-refractivity contribution in [1.29, 1.82) is 0 Å². The first-order chi connectivity index (χ1) is 32.5. The predicted molar refractivity (Wildman–Crippen MR) is 251 cm³/mol. The normalized spacial score (nSPS) is 12.5. The standard InChI is InChI=1S/C44H42N8O13S3/c1-2-18-62-29-14-3-10-25-33(29)41-45-37(25)47-42-35-27(12-5-16-31(35)64-20-8-23-67(56,57)58)39(49-42)51-44-36-28(13-6-17-32(36)65-21-9-24-68(59,60)61)40(52-44)50-43-34-26(38(46-41)48-43)11-4-15-30(34)63-19-7-22-66(53,54)55/h3-6,10-17H,2,7-9,18-24H2,1H3,(H,53,54,55)(H,56,57,58)(H,59,60,61)(H2,45,46,47,48,49,50,51,52). The summed E-state index contributed by atoms with van der Waals surface area (Å²) in [6.07, 6.45) is 0.666. The fourth-order valence-electron chi connectivity index (χ4n) is 7.82. The van der Waals surface area contributed by atoms with Crippen LogP contribution in [-0.2, 0) is 30.4 Å². The van der Waals surface area contributed by atoms with E-state index >= 15 is 0 Å². The zero-order chi connectivity index (χ0) is 47.8. The second kappa shape index (κ2) is 18.7. The minimum Gasteiger partial charge on any atom is -0.493 e. The van der Waals surface area contributed by atoms with Gasteiger partial charge in [0, 0.05) is 21.9 Å². The van der Waals surface area contributed by atoms with E-state index in [0.29, 0.717) is 84.7 Å². The van der Waals surface area contributed by atoms with Crippen molar-refractivity contribution >= 4 is 74.5 Å². The Labute approximate surface area is 388 Å². The molecule has 0 saturated heterocycles. The monoisotopic (exact) mass is 986 g/mol. The molecule has 0 radical (unpaired) electrons. The van der Waals surface area contributed by atoms with Crippen molar-refractivity contribution in [3.63, 3.8) is 0 Å². The van der Waals surface area contributed by atoms with Crippen molar-refractivity contribution in [1.82, 2.24) is 39.9 Å². The molecule has 68 heavy (non-hydrogen) atoms. The van der Waals surface area contributed by atoms with Crippen LogP contribution in [-0.4, -0.2) is 122 Å². The molecule has 354 valence electrons. The molecule has 0 spiro atoms. The zero-order valence-corrected chi connectivity index (χ0v) is 38.5. The van der Waals surface area contributed by atoms with Gasteiger partial charge in [0.05, 0.1) is 65.6 Å². The van der Waals surface area contributed by atoms with E-state index < -0.39 is 47.6 Å². The third-order valence-electron chi connectivity index (χ3n) is 10.7. The predicted octanol–water partition coefficient (Wildman–Crippen LogP) is 6.63. The number of nitrogens with zero attached hydrogens (tertiary/aromatic N) is 6. The molecule has 3 aromatic heterocycles. The lowest BCUT2D eigenvalue weighted by Gasteiger charge is -2.10. The number of rotatable bonds is 18. The molecule has 0 fully saturated rings. The minimum absolute atomic E-state index is 0.0127. The van der Waals surface area contributed by atoms with E-state index in [2.05, 4.69) is 9.97 Å². The Hall–Kier alpha value is -6.83. The van der Waals surface area contributed by atoms with E-state index in [4.69, 9.17) is 48.9 Å². The lowest BCUT2D eigenvalue weighted by atomic mass is 10.1. The Balaban J connectivity index is 1.34. The number of nitrogens with one attached hydrogen (secondary N) is 2. The highest BCUT2D eigenvalue weighted by Crippen LogP contribution is 2.44. The molecule has 0 aliphatic carbocycles. The maximum Gasteiger partial charge on any atom is 0.264 e. The molecule has 21 nitrogen and oxygen atoms in total. The van der Waals surface area contributed by atoms with Crippen LogP contribution in [0.3, 0.4) is 0 Å². The number of hydrogen-bond acceptors (Lipinski definition) is 16. The second-order valence-corrected chi connectivity index (χ2v) is 20.4. The molecule has 0 atom stereocenters. The average Bonchev–Trinajstić information content (AvgIpc) is 4.03. The lowest BCUT2D eigenvalue weighted by Crippen LogP contribution is -2.08. The SMILES string of the molecule is CCCOc1cccc2c3nc4nc(nc5[nH]c(nc6nc(nc([nH]3)c12)-c1cccc(OCCCS(=O)(=O)O)c1-6)c1cccc(OCCCS(=O)(=O)O)c51)-c1cccc(OCCCS(=O)(=O)O)c1-4. The van der Waals surface area contributed by atoms with E-state index in [1.807, 2.05) is 25.1 Å². The molecule has 2 aliphatic heterocycles. The summed E-state index contributed by atoms with van der Waals surface area (Å²) in [5.74, 6) is 0.583. The van der Waals surface area contributed by atoms with E-state index in [1.54, 1.807) is 54.6 Å². The molecule has 24 heteroatoms. The number of ether oxygens (including phenoxy) is 4. The number of benzene rings is 4. The zero-order valence-electron chi connectivity index (χ0n) is 36.0. The Morgan fingerprint density at radius 3 is 1.19 bits per heavy atom. The maximum atomic E-state index is 11.5. The first-order valence-electron chi connectivity index (χ1n) is 21.3. The molecule has 4 aromatic carbocycles. The number of hydrogen-bond donors (Lipinski definition) is 5. The summed E-state index contributed by atoms with van der Waals surface area (Å²) >= 11 is 0. The summed E-state index contributed by atoms with van der Waals surface area (Å²) in [4.78, 5) is 36.9. The maximum absolute atomic E-state index is 11.5. The van der Waals surface area contributed by atoms with Crippen LogP contribution in [0.15, 0.2) is 72.8 Å². The fraction of sp³-hybridized carbons (Fsp3) is 0.273. The van der Waals surface area contributed by atoms with Crippen molar-refractivity contribution in [3.8, 4) is 68.5 Å². The smallest absolute Gasteiger partial charge is 0.264 e. The Bertz CT molecular complexity index is 3590. The van der Waals surface area contributed by atoms with E-state index in [-0.39, 0.29) is 73.7 Å². The first kappa shape index (κ1) is 46.3. The average molecular weight is 987 g/mol. The van der Waals surface area contributed by atoms with Gasteiger partial charge in [0.25, 0.3) is 30.4 Å². The Morgan fingerprint density at radius 1 is 0.441 bits per heavy atom. The van der Waals surface area contributed by atoms with Crippen molar-refractivity contribution in [2.45, 2.75) is 32.6 Å². The first-order valence-corrected chi connectivity index (χ1v) is 26.1. The van der Waals surface area contributed by atoms with Crippen molar-refractivity contribution < 1.29 is 57.9 Å². The molecule has 0 saturated carbocycles. The van der Waals surface area contributed by atoms with Crippen molar-refractivity contribution in [2.24, 2.45) is 0 Å². The van der Waals surface area contributed by atoms with Gasteiger partial charge in [0.2, 0.25) is 0 Å². The van der Waals surface area contributed by atoms with Crippen LogP contribution in [0.2, 0.25) is 0 Å². The largest absolute Gasteiger partial charge is 0.493 e. The Kier molecular flexibility index (Phi) is 12.7. The third kappa shape index (κ3) is 10.0. The summed E-state index contributed by atoms with van der Waals surface area (Å²) in [7, 11) is -12.8. The van der Waals surface area contributed by atoms with E-state index in [1.165, 1.54) is 0 Å². The van der Waals surface area contributed by atoms with E-state index in [0.717, 1.165) is 6.42 Å². The number of aromatic amines is 2. The van der Waals surface area contributed by atoms with Crippen molar-refractivity contribution in [2.75, 3.05) is 43.7 Å². The lowest BCUT2D eigenvalue weighted by molar-refractivity contribution is 0.317. The van der Waals surface area contributed by atoms with Gasteiger partial charge in [-0.15, -0.1) is 0 Å². The fourth-order valence-corrected chi connectivity index (χ4v) is 9.27. The molecular weight excluding hydrogens is 945 g/mol. The molecule has 5 N–H and O–H groups in total. The molecular formula is C44H42N8O13S3. The van der Waals surface area contributed by atoms with Gasteiger partial charge in [0.1, 0.15) is 45.6 Å². The van der Waals surface area contributed by atoms with Crippen LogP contribution >= 0.6 is 0 Å². The van der Waals surface area contributed by atoms with Gasteiger partial charge in [-0.1, -0.05) is 55.5 Å². The quantitative estimate of drug-likeness (QED) is 0.0445. The summed E-state index contributed by atoms with van der Waals surface area (Å²) in [6, 6.07) is 21.0. The third-order valence-corrected chi connectivity index (χ3v) is 13.1. The van der Waals surface area contributed by atoms with Gasteiger partial charge >= 0.3 is 0 Å². The summed E-state index contributed by atoms with van der Waals surface area (Å²) < 4.78 is 122. The van der Waals surface area contributed by atoms with E-state index in [9.17, 15) is 38.9 Å². The molecule has 0 unspecified atom stereocenters. The van der Waals surface area contributed by atoms with Crippen LogP contribution in [0.5, 0.6) is 23.0 Å². The van der Waals surface area contributed by atoms with Gasteiger partial charge in [-0.3, -0.25) is 13.7 Å². The molecule has 9 rings (SSSR count). The highest BCUT2D eigenvalue weighted by Gasteiger charge is 2.27. The molecule has 0 amide bonds. The minimum atomic E-state index is -4.26. The van der Waals surface area contributed by atoms with Gasteiger partial charge < -0.3 is 28.9 Å². The van der Waals surface area contributed by atoms with Gasteiger partial charge in [0.15, 0.2) is 23.3 Å². The van der Waals surface area contributed by atoms with Gasteiger partial charge in [-0.05, 0) is 49.9 Å².